The molecule has 4 heterocycles. The molecule has 0 unspecified atom stereocenters. The van der Waals surface area contributed by atoms with E-state index in [2.05, 4.69) is 31.2 Å². The Bertz CT molecular complexity index is 1350. The largest absolute Gasteiger partial charge is 0.345 e. The predicted molar refractivity (Wildman–Crippen MR) is 127 cm³/mol. The first kappa shape index (κ1) is 21.2. The highest BCUT2D eigenvalue weighted by atomic mass is 19.1. The van der Waals surface area contributed by atoms with Gasteiger partial charge in [0.15, 0.2) is 0 Å². The lowest BCUT2D eigenvalue weighted by Crippen LogP contribution is -2.28. The molecule has 1 amide bonds. The van der Waals surface area contributed by atoms with Crippen LogP contribution in [0.5, 0.6) is 0 Å². The number of fused-ring (bicyclic) bond motifs is 1. The molecule has 1 aliphatic heterocycles. The van der Waals surface area contributed by atoms with Crippen molar-refractivity contribution in [3.05, 3.63) is 75.5 Å². The number of amides is 1. The first-order valence-corrected chi connectivity index (χ1v) is 11.9. The molecule has 0 aromatic carbocycles. The van der Waals surface area contributed by atoms with Crippen molar-refractivity contribution in [2.45, 2.75) is 50.4 Å². The minimum Gasteiger partial charge on any atom is -0.345 e. The van der Waals surface area contributed by atoms with E-state index in [0.717, 1.165) is 66.6 Å². The molecule has 0 bridgehead atoms. The first-order chi connectivity index (χ1) is 16.5. The lowest BCUT2D eigenvalue weighted by Gasteiger charge is -2.26. The number of pyridine rings is 3. The number of nitrogens with one attached hydrogen (secondary N) is 2. The van der Waals surface area contributed by atoms with Gasteiger partial charge in [-0.1, -0.05) is 12.1 Å². The van der Waals surface area contributed by atoms with Crippen molar-refractivity contribution >= 4 is 22.5 Å². The second-order valence-corrected chi connectivity index (χ2v) is 9.58. The summed E-state index contributed by atoms with van der Waals surface area (Å²) in [4.78, 5) is 38.7. The maximum Gasteiger partial charge on any atom is 0.270 e. The lowest BCUT2D eigenvalue weighted by atomic mass is 10.0. The molecule has 34 heavy (non-hydrogen) atoms. The van der Waals surface area contributed by atoms with Gasteiger partial charge in [0.05, 0.1) is 17.1 Å². The molecule has 174 valence electrons. The maximum absolute atomic E-state index is 13.0. The van der Waals surface area contributed by atoms with E-state index in [9.17, 15) is 14.0 Å². The topological polar surface area (TPSA) is 91.0 Å². The number of rotatable bonds is 6. The summed E-state index contributed by atoms with van der Waals surface area (Å²) >= 11 is 0. The number of carbonyl (C=O) groups is 1. The summed E-state index contributed by atoms with van der Waals surface area (Å²) in [6.45, 7) is 2.45. The average Bonchev–Trinajstić information content (AvgIpc) is 3.78. The Morgan fingerprint density at radius 3 is 2.74 bits per heavy atom. The van der Waals surface area contributed by atoms with Crippen molar-refractivity contribution in [3.8, 4) is 0 Å². The van der Waals surface area contributed by atoms with Crippen molar-refractivity contribution in [2.75, 3.05) is 13.1 Å². The van der Waals surface area contributed by atoms with Crippen LogP contribution in [0.2, 0.25) is 0 Å². The van der Waals surface area contributed by atoms with E-state index in [4.69, 9.17) is 0 Å². The molecule has 6 rings (SSSR count). The summed E-state index contributed by atoms with van der Waals surface area (Å²) in [5.74, 6) is 0.0778. The van der Waals surface area contributed by atoms with Crippen LogP contribution in [0.3, 0.4) is 0 Å². The SMILES string of the molecule is O=C(N[C@@H]1C[C@@H]1F)c1ccc(C2=CCN(Cc3cnc4cc(C5CC5)c(=O)[nH]c4c3)CC2)cn1. The molecule has 2 atom stereocenters. The van der Waals surface area contributed by atoms with Gasteiger partial charge in [0.2, 0.25) is 0 Å². The van der Waals surface area contributed by atoms with Crippen LogP contribution in [-0.2, 0) is 6.54 Å². The number of aromatic nitrogens is 3. The molecule has 2 N–H and O–H groups in total. The van der Waals surface area contributed by atoms with Gasteiger partial charge in [0, 0.05) is 44.0 Å². The highest BCUT2D eigenvalue weighted by Gasteiger charge is 2.39. The van der Waals surface area contributed by atoms with Gasteiger partial charge in [-0.2, -0.15) is 0 Å². The number of nitrogens with zero attached hydrogens (tertiary/aromatic N) is 3. The van der Waals surface area contributed by atoms with E-state index in [-0.39, 0.29) is 17.5 Å². The average molecular weight is 460 g/mol. The van der Waals surface area contributed by atoms with Crippen LogP contribution in [0.1, 0.15) is 58.8 Å². The Morgan fingerprint density at radius 2 is 2.06 bits per heavy atom. The van der Waals surface area contributed by atoms with Gasteiger partial charge in [0.1, 0.15) is 11.9 Å². The number of H-pyrrole nitrogens is 1. The smallest absolute Gasteiger partial charge is 0.270 e. The lowest BCUT2D eigenvalue weighted by molar-refractivity contribution is 0.0942. The zero-order valence-electron chi connectivity index (χ0n) is 18.8. The van der Waals surface area contributed by atoms with E-state index in [1.54, 1.807) is 12.3 Å². The molecule has 2 fully saturated rings. The molecule has 3 aliphatic rings. The van der Waals surface area contributed by atoms with Crippen molar-refractivity contribution in [2.24, 2.45) is 0 Å². The Kier molecular flexibility index (Phi) is 5.25. The van der Waals surface area contributed by atoms with Crippen LogP contribution in [0.25, 0.3) is 16.6 Å². The molecule has 0 radical (unpaired) electrons. The highest BCUT2D eigenvalue weighted by Crippen LogP contribution is 2.38. The minimum absolute atomic E-state index is 0.00996. The van der Waals surface area contributed by atoms with E-state index >= 15 is 0 Å². The third-order valence-electron chi connectivity index (χ3n) is 6.89. The van der Waals surface area contributed by atoms with Crippen LogP contribution in [0.4, 0.5) is 4.39 Å². The van der Waals surface area contributed by atoms with Gasteiger partial charge >= 0.3 is 0 Å². The van der Waals surface area contributed by atoms with E-state index in [0.29, 0.717) is 18.0 Å². The van der Waals surface area contributed by atoms with Gasteiger partial charge in [-0.05, 0) is 60.1 Å². The zero-order chi connectivity index (χ0) is 23.2. The molecular formula is C26H26FN5O2. The van der Waals surface area contributed by atoms with Crippen LogP contribution < -0.4 is 10.9 Å². The third-order valence-corrected chi connectivity index (χ3v) is 6.89. The number of aromatic amines is 1. The molecule has 8 heteroatoms. The fraction of sp³-hybridized carbons (Fsp3) is 0.385. The van der Waals surface area contributed by atoms with Gasteiger partial charge in [-0.25, -0.2) is 4.39 Å². The number of alkyl halides is 1. The Hall–Kier alpha value is -3.39. The van der Waals surface area contributed by atoms with Crippen molar-refractivity contribution in [3.63, 3.8) is 0 Å². The van der Waals surface area contributed by atoms with E-state index in [1.165, 1.54) is 5.57 Å². The highest BCUT2D eigenvalue weighted by molar-refractivity contribution is 5.93. The first-order valence-electron chi connectivity index (χ1n) is 11.9. The number of carbonyl (C=O) groups excluding carboxylic acids is 1. The monoisotopic (exact) mass is 459 g/mol. The molecule has 2 saturated carbocycles. The van der Waals surface area contributed by atoms with Crippen LogP contribution >= 0.6 is 0 Å². The molecule has 3 aromatic heterocycles. The third kappa shape index (κ3) is 4.37. The minimum atomic E-state index is -0.925. The second-order valence-electron chi connectivity index (χ2n) is 9.58. The Labute approximate surface area is 196 Å². The summed E-state index contributed by atoms with van der Waals surface area (Å²) in [5, 5.41) is 2.65. The van der Waals surface area contributed by atoms with E-state index < -0.39 is 6.17 Å². The Balaban J connectivity index is 1.09. The molecule has 7 nitrogen and oxygen atoms in total. The van der Waals surface area contributed by atoms with Gasteiger partial charge < -0.3 is 10.3 Å². The Morgan fingerprint density at radius 1 is 1.21 bits per heavy atom. The van der Waals surface area contributed by atoms with Crippen molar-refractivity contribution < 1.29 is 9.18 Å². The maximum atomic E-state index is 13.0. The molecular weight excluding hydrogens is 433 g/mol. The number of hydrogen-bond acceptors (Lipinski definition) is 5. The fourth-order valence-electron chi connectivity index (χ4n) is 4.57. The summed E-state index contributed by atoms with van der Waals surface area (Å²) in [5.41, 5.74) is 6.10. The molecule has 2 aliphatic carbocycles. The van der Waals surface area contributed by atoms with Crippen molar-refractivity contribution in [1.29, 1.82) is 0 Å². The van der Waals surface area contributed by atoms with Gasteiger partial charge in [-0.15, -0.1) is 0 Å². The number of hydrogen-bond donors (Lipinski definition) is 2. The molecule has 3 aromatic rings. The molecule has 0 spiro atoms. The van der Waals surface area contributed by atoms with Crippen molar-refractivity contribution in [1.82, 2.24) is 25.2 Å². The van der Waals surface area contributed by atoms with Gasteiger partial charge in [0.25, 0.3) is 11.5 Å². The summed E-state index contributed by atoms with van der Waals surface area (Å²) < 4.78 is 13.0. The molecule has 0 saturated heterocycles. The fourth-order valence-corrected chi connectivity index (χ4v) is 4.57. The quantitative estimate of drug-likeness (QED) is 0.590. The van der Waals surface area contributed by atoms with Gasteiger partial charge in [-0.3, -0.25) is 24.5 Å². The van der Waals surface area contributed by atoms with Crippen LogP contribution in [-0.4, -0.2) is 51.1 Å². The summed E-state index contributed by atoms with van der Waals surface area (Å²) in [6.07, 6.45) is 8.33. The van der Waals surface area contributed by atoms with Crippen LogP contribution in [0.15, 0.2) is 47.5 Å². The zero-order valence-corrected chi connectivity index (χ0v) is 18.8. The second kappa shape index (κ2) is 8.43. The number of halogens is 1. The summed E-state index contributed by atoms with van der Waals surface area (Å²) in [7, 11) is 0. The predicted octanol–water partition coefficient (Wildman–Crippen LogP) is 3.33. The van der Waals surface area contributed by atoms with E-state index in [1.807, 2.05) is 24.4 Å². The summed E-state index contributed by atoms with van der Waals surface area (Å²) in [6, 6.07) is 7.21. The van der Waals surface area contributed by atoms with Crippen LogP contribution in [0, 0.1) is 0 Å². The normalized spacial score (nSPS) is 22.4. The standard InChI is InChI=1S/C26H26FN5O2/c27-20-11-22(20)30-26(34)21-4-3-18(13-29-21)16-5-7-32(8-6-16)14-15-9-24-23(28-12-15)10-19(17-1-2-17)25(33)31-24/h3-5,9-10,12-13,17,20,22H,1-2,6-8,11,14H2,(H,30,34)(H,31,33)/t20-,22+/m0/s1.